The Morgan fingerprint density at radius 3 is 2.81 bits per heavy atom. The molecular formula is C11H9ClN4O4S. The van der Waals surface area contributed by atoms with Gasteiger partial charge in [0.25, 0.3) is 5.89 Å². The smallest absolute Gasteiger partial charge is 0.325 e. The Kier molecular flexibility index (Phi) is 3.38. The largest absolute Gasteiger partial charge is 0.403 e. The van der Waals surface area contributed by atoms with Gasteiger partial charge in [0.1, 0.15) is 5.25 Å². The number of nitrogens with zero attached hydrogens (tertiary/aromatic N) is 4. The van der Waals surface area contributed by atoms with E-state index in [0.717, 1.165) is 4.90 Å². The van der Waals surface area contributed by atoms with Crippen molar-refractivity contribution in [2.24, 2.45) is 0 Å². The fourth-order valence-electron chi connectivity index (χ4n) is 1.98. The molecule has 1 saturated heterocycles. The lowest BCUT2D eigenvalue weighted by Crippen LogP contribution is -2.27. The van der Waals surface area contributed by atoms with Crippen molar-refractivity contribution in [1.29, 1.82) is 0 Å². The van der Waals surface area contributed by atoms with Crippen LogP contribution >= 0.6 is 10.7 Å². The van der Waals surface area contributed by atoms with Crippen LogP contribution in [0.25, 0.3) is 11.5 Å². The zero-order valence-electron chi connectivity index (χ0n) is 10.5. The molecule has 1 fully saturated rings. The maximum Gasteiger partial charge on any atom is 0.325 e. The number of rotatable bonds is 3. The number of halogens is 1. The molecule has 0 bridgehead atoms. The molecule has 0 aromatic carbocycles. The molecule has 10 heteroatoms. The van der Waals surface area contributed by atoms with Crippen molar-refractivity contribution in [3.8, 4) is 11.5 Å². The summed E-state index contributed by atoms with van der Waals surface area (Å²) in [6, 6.07) is 3.37. The Morgan fingerprint density at radius 2 is 2.19 bits per heavy atom. The molecule has 110 valence electrons. The molecule has 1 aliphatic heterocycles. The highest BCUT2D eigenvalue weighted by Crippen LogP contribution is 2.27. The molecule has 8 nitrogen and oxygen atoms in total. The molecule has 0 N–H and O–H groups in total. The van der Waals surface area contributed by atoms with E-state index in [0.29, 0.717) is 5.56 Å². The van der Waals surface area contributed by atoms with Crippen molar-refractivity contribution in [3.63, 3.8) is 0 Å². The van der Waals surface area contributed by atoms with Gasteiger partial charge in [-0.15, -0.1) is 5.10 Å². The first-order valence-corrected chi connectivity index (χ1v) is 8.30. The van der Waals surface area contributed by atoms with Gasteiger partial charge in [0.15, 0.2) is 0 Å². The highest BCUT2D eigenvalue weighted by atomic mass is 35.7. The first-order valence-electron chi connectivity index (χ1n) is 5.93. The second-order valence-corrected chi connectivity index (χ2v) is 7.35. The van der Waals surface area contributed by atoms with Crippen LogP contribution in [0.15, 0.2) is 28.9 Å². The van der Waals surface area contributed by atoms with Gasteiger partial charge in [0.05, 0.1) is 5.56 Å². The van der Waals surface area contributed by atoms with E-state index in [-0.39, 0.29) is 24.9 Å². The second kappa shape index (κ2) is 5.08. The van der Waals surface area contributed by atoms with Crippen molar-refractivity contribution in [1.82, 2.24) is 15.2 Å². The van der Waals surface area contributed by atoms with Gasteiger partial charge in [-0.25, -0.2) is 8.42 Å². The summed E-state index contributed by atoms with van der Waals surface area (Å²) >= 11 is 0. The van der Waals surface area contributed by atoms with Crippen LogP contribution in [0.3, 0.4) is 0 Å². The molecule has 3 heterocycles. The molecule has 1 amide bonds. The van der Waals surface area contributed by atoms with Crippen LogP contribution in [-0.2, 0) is 13.8 Å². The molecule has 0 aliphatic carbocycles. The molecule has 0 spiro atoms. The summed E-state index contributed by atoms with van der Waals surface area (Å²) in [5.74, 6) is -0.228. The third kappa shape index (κ3) is 2.74. The van der Waals surface area contributed by atoms with Crippen molar-refractivity contribution >= 4 is 31.7 Å². The van der Waals surface area contributed by atoms with Crippen LogP contribution in [-0.4, -0.2) is 41.3 Å². The summed E-state index contributed by atoms with van der Waals surface area (Å²) in [5, 5.41) is 6.61. The van der Waals surface area contributed by atoms with E-state index in [1.807, 2.05) is 0 Å². The van der Waals surface area contributed by atoms with Crippen molar-refractivity contribution < 1.29 is 17.6 Å². The summed E-state index contributed by atoms with van der Waals surface area (Å²) in [4.78, 5) is 16.9. The lowest BCUT2D eigenvalue weighted by molar-refractivity contribution is -0.117. The van der Waals surface area contributed by atoms with E-state index < -0.39 is 20.2 Å². The van der Waals surface area contributed by atoms with Gasteiger partial charge in [0.2, 0.25) is 15.0 Å². The summed E-state index contributed by atoms with van der Waals surface area (Å²) < 4.78 is 28.0. The molecule has 0 saturated carbocycles. The number of hydrogen-bond donors (Lipinski definition) is 0. The highest BCUT2D eigenvalue weighted by molar-refractivity contribution is 8.14. The molecule has 0 radical (unpaired) electrons. The maximum absolute atomic E-state index is 11.8. The molecule has 2 aromatic heterocycles. The van der Waals surface area contributed by atoms with Gasteiger partial charge in [-0.3, -0.25) is 14.7 Å². The van der Waals surface area contributed by atoms with E-state index in [2.05, 4.69) is 15.2 Å². The van der Waals surface area contributed by atoms with Crippen LogP contribution in [0.1, 0.15) is 6.42 Å². The van der Waals surface area contributed by atoms with Crippen LogP contribution in [0.5, 0.6) is 0 Å². The third-order valence-electron chi connectivity index (χ3n) is 3.04. The minimum Gasteiger partial charge on any atom is -0.403 e. The van der Waals surface area contributed by atoms with Crippen LogP contribution in [0.2, 0.25) is 0 Å². The number of amides is 1. The van der Waals surface area contributed by atoms with E-state index >= 15 is 0 Å². The van der Waals surface area contributed by atoms with Gasteiger partial charge in [-0.05, 0) is 12.1 Å². The zero-order chi connectivity index (χ0) is 15.0. The Bertz CT molecular complexity index is 777. The predicted molar refractivity (Wildman–Crippen MR) is 73.1 cm³/mol. The zero-order valence-corrected chi connectivity index (χ0v) is 12.1. The van der Waals surface area contributed by atoms with Gasteiger partial charge in [-0.1, -0.05) is 5.10 Å². The summed E-state index contributed by atoms with van der Waals surface area (Å²) in [5.41, 5.74) is 0.601. The maximum atomic E-state index is 11.8. The third-order valence-corrected chi connectivity index (χ3v) is 4.91. The molecule has 1 unspecified atom stereocenters. The summed E-state index contributed by atoms with van der Waals surface area (Å²) in [6.07, 6.45) is 2.94. The molecular weight excluding hydrogens is 320 g/mol. The van der Waals surface area contributed by atoms with E-state index in [9.17, 15) is 13.2 Å². The summed E-state index contributed by atoms with van der Waals surface area (Å²) in [6.45, 7) is -0.0979. The molecule has 1 atom stereocenters. The van der Waals surface area contributed by atoms with Crippen LogP contribution < -0.4 is 4.90 Å². The number of carbonyl (C=O) groups excluding carboxylic acids is 1. The molecule has 2 aromatic rings. The van der Waals surface area contributed by atoms with Gasteiger partial charge >= 0.3 is 6.01 Å². The van der Waals surface area contributed by atoms with E-state index in [1.54, 1.807) is 18.3 Å². The van der Waals surface area contributed by atoms with Gasteiger partial charge in [0, 0.05) is 36.0 Å². The van der Waals surface area contributed by atoms with E-state index in [4.69, 9.17) is 15.1 Å². The standard InChI is InChI=1S/C11H9ClN4O4S/c12-21(18,19)8-4-9(17)16(6-8)11-15-14-10(20-11)7-2-1-3-13-5-7/h1-3,5,8H,4,6H2. The Balaban J connectivity index is 1.86. The van der Waals surface area contributed by atoms with Crippen LogP contribution in [0.4, 0.5) is 6.01 Å². The second-order valence-electron chi connectivity index (χ2n) is 4.44. The first-order chi connectivity index (χ1) is 9.95. The van der Waals surface area contributed by atoms with Gasteiger partial charge in [-0.2, -0.15) is 0 Å². The van der Waals surface area contributed by atoms with Crippen molar-refractivity contribution in [2.75, 3.05) is 11.4 Å². The number of aromatic nitrogens is 3. The van der Waals surface area contributed by atoms with Gasteiger partial charge < -0.3 is 4.42 Å². The average Bonchev–Trinajstić information content (AvgIpc) is 3.05. The minimum atomic E-state index is -3.81. The van der Waals surface area contributed by atoms with Crippen molar-refractivity contribution in [2.45, 2.75) is 11.7 Å². The minimum absolute atomic E-state index is 0.0540. The monoisotopic (exact) mass is 328 g/mol. The lowest BCUT2D eigenvalue weighted by Gasteiger charge is -2.09. The Hall–Kier alpha value is -2.00. The fourth-order valence-corrected chi connectivity index (χ4v) is 3.01. The SMILES string of the molecule is O=C1CC(S(=O)(=O)Cl)CN1c1nnc(-c2cccnc2)o1. The topological polar surface area (TPSA) is 106 Å². The average molecular weight is 329 g/mol. The molecule has 3 rings (SSSR count). The first kappa shape index (κ1) is 14.0. The number of hydrogen-bond acceptors (Lipinski definition) is 7. The summed E-state index contributed by atoms with van der Waals surface area (Å²) in [7, 11) is 1.47. The fraction of sp³-hybridized carbons (Fsp3) is 0.273. The number of anilines is 1. The number of pyridine rings is 1. The van der Waals surface area contributed by atoms with Crippen molar-refractivity contribution in [3.05, 3.63) is 24.5 Å². The number of carbonyl (C=O) groups is 1. The Labute approximate surface area is 124 Å². The van der Waals surface area contributed by atoms with Crippen LogP contribution in [0, 0.1) is 0 Å². The highest BCUT2D eigenvalue weighted by Gasteiger charge is 2.40. The predicted octanol–water partition coefficient (Wildman–Crippen LogP) is 0.805. The molecule has 1 aliphatic rings. The Morgan fingerprint density at radius 1 is 1.38 bits per heavy atom. The molecule has 21 heavy (non-hydrogen) atoms. The quantitative estimate of drug-likeness (QED) is 0.767. The van der Waals surface area contributed by atoms with E-state index in [1.165, 1.54) is 6.20 Å². The normalized spacial score (nSPS) is 19.2. The lowest BCUT2D eigenvalue weighted by atomic mass is 10.3.